The average molecular weight is 315 g/mol. The van der Waals surface area contributed by atoms with Crippen molar-refractivity contribution in [3.05, 3.63) is 54.1 Å². The van der Waals surface area contributed by atoms with Crippen LogP contribution < -0.4 is 19.9 Å². The fraction of sp³-hybridized carbons (Fsp3) is 0.368. The Balaban J connectivity index is 1.91. The van der Waals surface area contributed by atoms with Gasteiger partial charge in [-0.25, -0.2) is 0 Å². The molecule has 0 fully saturated rings. The Morgan fingerprint density at radius 2 is 1.65 bits per heavy atom. The highest BCUT2D eigenvalue weighted by Crippen LogP contribution is 2.24. The first-order valence-corrected chi connectivity index (χ1v) is 7.96. The Labute approximate surface area is 138 Å². The van der Waals surface area contributed by atoms with Crippen molar-refractivity contribution in [2.45, 2.75) is 19.3 Å². The van der Waals surface area contributed by atoms with Crippen molar-refractivity contribution in [1.82, 2.24) is 0 Å². The molecule has 0 radical (unpaired) electrons. The molecule has 4 heteroatoms. The van der Waals surface area contributed by atoms with Gasteiger partial charge >= 0.3 is 0 Å². The normalized spacial score (nSPS) is 11.8. The Morgan fingerprint density at radius 3 is 2.35 bits per heavy atom. The van der Waals surface area contributed by atoms with Gasteiger partial charge < -0.3 is 19.9 Å². The first-order valence-electron chi connectivity index (χ1n) is 7.96. The summed E-state index contributed by atoms with van der Waals surface area (Å²) < 4.78 is 16.6. The van der Waals surface area contributed by atoms with Gasteiger partial charge in [0.05, 0.1) is 20.3 Å². The van der Waals surface area contributed by atoms with Crippen LogP contribution in [0.25, 0.3) is 0 Å². The molecule has 2 aromatic rings. The molecular formula is C19H25NO3. The zero-order valence-corrected chi connectivity index (χ0v) is 13.8. The number of hydrogen-bond donors (Lipinski definition) is 1. The molecule has 0 aliphatic heterocycles. The monoisotopic (exact) mass is 315 g/mol. The highest BCUT2D eigenvalue weighted by molar-refractivity contribution is 5.33. The first kappa shape index (κ1) is 17.2. The number of rotatable bonds is 9. The second-order valence-electron chi connectivity index (χ2n) is 5.25. The summed E-state index contributed by atoms with van der Waals surface area (Å²) in [4.78, 5) is 0. The number of benzene rings is 2. The lowest BCUT2D eigenvalue weighted by molar-refractivity contribution is 0.293. The standard InChI is InChI=1S/C19H25NO3/c1-3-22-18-8-5-9-19(13-18)23-11-10-16(14-20)15-6-4-7-17(12-15)21-2/h4-9,12-13,16H,3,10-11,14,20H2,1-2H3. The van der Waals surface area contributed by atoms with Gasteiger partial charge in [-0.3, -0.25) is 0 Å². The highest BCUT2D eigenvalue weighted by atomic mass is 16.5. The van der Waals surface area contributed by atoms with Crippen molar-refractivity contribution in [3.8, 4) is 17.2 Å². The van der Waals surface area contributed by atoms with E-state index >= 15 is 0 Å². The summed E-state index contributed by atoms with van der Waals surface area (Å²) in [6.45, 7) is 3.80. The second kappa shape index (κ2) is 9.06. The number of ether oxygens (including phenoxy) is 3. The van der Waals surface area contributed by atoms with E-state index in [1.54, 1.807) is 7.11 Å². The molecule has 0 saturated heterocycles. The highest BCUT2D eigenvalue weighted by Gasteiger charge is 2.11. The van der Waals surface area contributed by atoms with Gasteiger partial charge in [-0.2, -0.15) is 0 Å². The lowest BCUT2D eigenvalue weighted by Crippen LogP contribution is -2.15. The summed E-state index contributed by atoms with van der Waals surface area (Å²) in [5, 5.41) is 0. The van der Waals surface area contributed by atoms with Crippen LogP contribution in [0, 0.1) is 0 Å². The second-order valence-corrected chi connectivity index (χ2v) is 5.25. The molecule has 2 rings (SSSR count). The van der Waals surface area contributed by atoms with Crippen LogP contribution in [-0.2, 0) is 0 Å². The lowest BCUT2D eigenvalue weighted by Gasteiger charge is -2.16. The molecular weight excluding hydrogens is 290 g/mol. The van der Waals surface area contributed by atoms with Crippen molar-refractivity contribution in [2.24, 2.45) is 5.73 Å². The van der Waals surface area contributed by atoms with Crippen LogP contribution in [0.5, 0.6) is 17.2 Å². The van der Waals surface area contributed by atoms with E-state index in [-0.39, 0.29) is 5.92 Å². The molecule has 1 unspecified atom stereocenters. The first-order chi connectivity index (χ1) is 11.3. The van der Waals surface area contributed by atoms with E-state index < -0.39 is 0 Å². The molecule has 0 amide bonds. The Morgan fingerprint density at radius 1 is 0.957 bits per heavy atom. The molecule has 4 nitrogen and oxygen atoms in total. The predicted octanol–water partition coefficient (Wildman–Crippen LogP) is 3.61. The van der Waals surface area contributed by atoms with E-state index in [1.807, 2.05) is 49.4 Å². The minimum Gasteiger partial charge on any atom is -0.497 e. The third-order valence-corrected chi connectivity index (χ3v) is 3.70. The van der Waals surface area contributed by atoms with Gasteiger partial charge in [-0.1, -0.05) is 18.2 Å². The maximum absolute atomic E-state index is 5.92. The molecule has 0 aliphatic carbocycles. The van der Waals surface area contributed by atoms with Crippen molar-refractivity contribution in [3.63, 3.8) is 0 Å². The quantitative estimate of drug-likeness (QED) is 0.768. The average Bonchev–Trinajstić information content (AvgIpc) is 2.59. The predicted molar refractivity (Wildman–Crippen MR) is 92.5 cm³/mol. The van der Waals surface area contributed by atoms with Crippen LogP contribution in [0.4, 0.5) is 0 Å². The fourth-order valence-electron chi connectivity index (χ4n) is 2.46. The topological polar surface area (TPSA) is 53.7 Å². The van der Waals surface area contributed by atoms with Crippen LogP contribution in [0.2, 0.25) is 0 Å². The Hall–Kier alpha value is -2.20. The summed E-state index contributed by atoms with van der Waals surface area (Å²) in [5.41, 5.74) is 7.10. The van der Waals surface area contributed by atoms with Gasteiger partial charge in [-0.15, -0.1) is 0 Å². The van der Waals surface area contributed by atoms with Gasteiger partial charge in [0, 0.05) is 6.07 Å². The third kappa shape index (κ3) is 5.18. The van der Waals surface area contributed by atoms with Gasteiger partial charge in [0.2, 0.25) is 0 Å². The molecule has 2 N–H and O–H groups in total. The third-order valence-electron chi connectivity index (χ3n) is 3.70. The summed E-state index contributed by atoms with van der Waals surface area (Å²) in [5.74, 6) is 2.75. The molecule has 0 aliphatic rings. The molecule has 2 aromatic carbocycles. The molecule has 0 aromatic heterocycles. The smallest absolute Gasteiger partial charge is 0.122 e. The molecule has 1 atom stereocenters. The van der Waals surface area contributed by atoms with Crippen molar-refractivity contribution < 1.29 is 14.2 Å². The molecule has 23 heavy (non-hydrogen) atoms. The lowest BCUT2D eigenvalue weighted by atomic mass is 9.96. The van der Waals surface area contributed by atoms with Crippen molar-refractivity contribution in [1.29, 1.82) is 0 Å². The number of methoxy groups -OCH3 is 1. The molecule has 0 heterocycles. The van der Waals surface area contributed by atoms with Crippen LogP contribution in [-0.4, -0.2) is 26.9 Å². The largest absolute Gasteiger partial charge is 0.497 e. The van der Waals surface area contributed by atoms with E-state index in [0.29, 0.717) is 19.8 Å². The summed E-state index contributed by atoms with van der Waals surface area (Å²) in [6, 6.07) is 15.7. The van der Waals surface area contributed by atoms with Gasteiger partial charge in [0.15, 0.2) is 0 Å². The zero-order chi connectivity index (χ0) is 16.5. The SMILES string of the molecule is CCOc1cccc(OCCC(CN)c2cccc(OC)c2)c1. The molecule has 0 spiro atoms. The van der Waals surface area contributed by atoms with E-state index in [2.05, 4.69) is 6.07 Å². The maximum atomic E-state index is 5.92. The minimum atomic E-state index is 0.250. The number of nitrogens with two attached hydrogens (primary N) is 1. The Bertz CT molecular complexity index is 601. The molecule has 124 valence electrons. The molecule has 0 saturated carbocycles. The van der Waals surface area contributed by atoms with E-state index in [4.69, 9.17) is 19.9 Å². The van der Waals surface area contributed by atoms with E-state index in [0.717, 1.165) is 23.7 Å². The number of hydrogen-bond acceptors (Lipinski definition) is 4. The Kier molecular flexibility index (Phi) is 6.76. The van der Waals surface area contributed by atoms with Crippen molar-refractivity contribution in [2.75, 3.05) is 26.9 Å². The van der Waals surface area contributed by atoms with Gasteiger partial charge in [0.25, 0.3) is 0 Å². The summed E-state index contributed by atoms with van der Waals surface area (Å²) in [7, 11) is 1.67. The van der Waals surface area contributed by atoms with Crippen molar-refractivity contribution >= 4 is 0 Å². The van der Waals surface area contributed by atoms with E-state index in [1.165, 1.54) is 5.56 Å². The minimum absolute atomic E-state index is 0.250. The summed E-state index contributed by atoms with van der Waals surface area (Å²) in [6.07, 6.45) is 0.850. The summed E-state index contributed by atoms with van der Waals surface area (Å²) >= 11 is 0. The molecule has 0 bridgehead atoms. The fourth-order valence-corrected chi connectivity index (χ4v) is 2.46. The van der Waals surface area contributed by atoms with Crippen LogP contribution in [0.15, 0.2) is 48.5 Å². The zero-order valence-electron chi connectivity index (χ0n) is 13.8. The van der Waals surface area contributed by atoms with Crippen LogP contribution in [0.3, 0.4) is 0 Å². The van der Waals surface area contributed by atoms with Crippen LogP contribution in [0.1, 0.15) is 24.8 Å². The van der Waals surface area contributed by atoms with E-state index in [9.17, 15) is 0 Å². The van der Waals surface area contributed by atoms with Gasteiger partial charge in [0.1, 0.15) is 17.2 Å². The maximum Gasteiger partial charge on any atom is 0.122 e. The van der Waals surface area contributed by atoms with Gasteiger partial charge in [-0.05, 0) is 55.6 Å². The van der Waals surface area contributed by atoms with Crippen LogP contribution >= 0.6 is 0 Å².